The molecule has 0 bridgehead atoms. The molecule has 18 heavy (non-hydrogen) atoms. The van der Waals surface area contributed by atoms with E-state index in [4.69, 9.17) is 0 Å². The van der Waals surface area contributed by atoms with E-state index in [0.29, 0.717) is 5.56 Å². The maximum Gasteiger partial charge on any atom is 0.326 e. The Labute approximate surface area is 111 Å². The summed E-state index contributed by atoms with van der Waals surface area (Å²) in [4.78, 5) is 21.7. The lowest BCUT2D eigenvalue weighted by atomic mass is 10.1. The molecule has 0 heterocycles. The zero-order chi connectivity index (χ0) is 13.7. The molecule has 0 aromatic heterocycles. The highest BCUT2D eigenvalue weighted by Gasteiger charge is 2.22. The number of hydrogen-bond donors (Lipinski definition) is 0. The maximum atomic E-state index is 13.3. The van der Waals surface area contributed by atoms with Crippen LogP contribution in [-0.4, -0.2) is 16.5 Å². The first-order valence-corrected chi connectivity index (χ1v) is 6.31. The predicted molar refractivity (Wildman–Crippen MR) is 76.4 cm³/mol. The van der Waals surface area contributed by atoms with Crippen LogP contribution in [0.2, 0.25) is 0 Å². The molecule has 0 amide bonds. The van der Waals surface area contributed by atoms with Gasteiger partial charge in [-0.05, 0) is 29.3 Å². The van der Waals surface area contributed by atoms with Gasteiger partial charge >= 0.3 is 5.97 Å². The van der Waals surface area contributed by atoms with Gasteiger partial charge < -0.3 is 4.52 Å². The van der Waals surface area contributed by atoms with Crippen molar-refractivity contribution in [2.45, 2.75) is 12.5 Å². The van der Waals surface area contributed by atoms with Crippen molar-refractivity contribution in [3.8, 4) is 0 Å². The average Bonchev–Trinajstić information content (AvgIpc) is 2.35. The van der Waals surface area contributed by atoms with Gasteiger partial charge in [0.1, 0.15) is 11.7 Å². The third-order valence-corrected chi connectivity index (χ3v) is 3.24. The lowest BCUT2D eigenvalue weighted by Crippen LogP contribution is -2.31. The Bertz CT molecular complexity index is 459. The van der Waals surface area contributed by atoms with Crippen molar-refractivity contribution >= 4 is 39.9 Å². The van der Waals surface area contributed by atoms with Crippen molar-refractivity contribution < 1.29 is 13.7 Å². The van der Waals surface area contributed by atoms with Gasteiger partial charge in [0.15, 0.2) is 5.82 Å². The molecular formula is C9H12FN2O3P3. The molecule has 0 aliphatic carbocycles. The van der Waals surface area contributed by atoms with Gasteiger partial charge in [-0.1, -0.05) is 24.8 Å². The number of rotatable bonds is 5. The smallest absolute Gasteiger partial charge is 0.326 e. The van der Waals surface area contributed by atoms with Crippen LogP contribution in [0.1, 0.15) is 5.56 Å². The molecule has 0 N–H and O–H groups in total. The first-order chi connectivity index (χ1) is 8.49. The summed E-state index contributed by atoms with van der Waals surface area (Å²) in [5, 5.41) is 2.54. The minimum absolute atomic E-state index is 0.246. The van der Waals surface area contributed by atoms with Crippen molar-refractivity contribution in [1.82, 2.24) is 4.44 Å². The molecule has 1 rings (SSSR count). The average molecular weight is 308 g/mol. The van der Waals surface area contributed by atoms with E-state index in [2.05, 4.69) is 28.5 Å². The van der Waals surface area contributed by atoms with E-state index in [9.17, 15) is 14.1 Å². The van der Waals surface area contributed by atoms with E-state index in [0.717, 1.165) is 0 Å². The highest BCUT2D eigenvalue weighted by atomic mass is 31.1. The second kappa shape index (κ2) is 7.16. The van der Waals surface area contributed by atoms with Crippen LogP contribution in [-0.2, 0) is 15.7 Å². The molecule has 4 atom stereocenters. The van der Waals surface area contributed by atoms with Gasteiger partial charge in [0.2, 0.25) is 0 Å². The van der Waals surface area contributed by atoms with Gasteiger partial charge in [-0.3, -0.25) is 9.24 Å². The number of carbonyl (C=O) groups excluding carboxylic acids is 1. The van der Waals surface area contributed by atoms with Crippen LogP contribution in [0, 0.1) is 10.7 Å². The van der Waals surface area contributed by atoms with Crippen LogP contribution in [0.4, 0.5) is 10.1 Å². The molecule has 98 valence electrons. The summed E-state index contributed by atoms with van der Waals surface area (Å²) >= 11 is 0. The fourth-order valence-corrected chi connectivity index (χ4v) is 1.98. The van der Waals surface area contributed by atoms with Crippen LogP contribution in [0.5, 0.6) is 0 Å². The zero-order valence-electron chi connectivity index (χ0n) is 9.25. The van der Waals surface area contributed by atoms with Gasteiger partial charge in [-0.25, -0.2) is 4.39 Å². The number of halogens is 1. The quantitative estimate of drug-likeness (QED) is 0.619. The summed E-state index contributed by atoms with van der Waals surface area (Å²) in [5.74, 6) is -1.18. The molecule has 0 spiro atoms. The molecule has 1 aromatic rings. The van der Waals surface area contributed by atoms with E-state index in [1.165, 1.54) is 16.6 Å². The molecule has 0 saturated carbocycles. The van der Waals surface area contributed by atoms with E-state index in [-0.39, 0.29) is 12.1 Å². The summed E-state index contributed by atoms with van der Waals surface area (Å²) in [6.45, 7) is 0. The monoisotopic (exact) mass is 308 g/mol. The first kappa shape index (κ1) is 15.5. The Morgan fingerprint density at radius 2 is 2.17 bits per heavy atom. The van der Waals surface area contributed by atoms with Gasteiger partial charge in [-0.2, -0.15) is 0 Å². The van der Waals surface area contributed by atoms with E-state index >= 15 is 0 Å². The Kier molecular flexibility index (Phi) is 6.17. The van der Waals surface area contributed by atoms with Gasteiger partial charge in [0.05, 0.1) is 9.47 Å². The van der Waals surface area contributed by atoms with Crippen LogP contribution in [0.25, 0.3) is 0 Å². The largest absolute Gasteiger partial charge is 0.450 e. The van der Waals surface area contributed by atoms with Gasteiger partial charge in [0.25, 0.3) is 0 Å². The summed E-state index contributed by atoms with van der Waals surface area (Å²) in [7, 11) is 6.52. The topological polar surface area (TPSA) is 59.0 Å². The summed E-state index contributed by atoms with van der Waals surface area (Å²) in [6.07, 6.45) is 0.246. The molecule has 0 saturated heterocycles. The van der Waals surface area contributed by atoms with E-state index < -0.39 is 17.8 Å². The Morgan fingerprint density at radius 3 is 2.61 bits per heavy atom. The minimum Gasteiger partial charge on any atom is -0.450 e. The lowest BCUT2D eigenvalue weighted by molar-refractivity contribution is -0.136. The van der Waals surface area contributed by atoms with Crippen molar-refractivity contribution in [3.63, 3.8) is 0 Å². The maximum absolute atomic E-state index is 13.3. The molecule has 5 nitrogen and oxygen atoms in total. The minimum atomic E-state index is -0.709. The molecule has 9 heteroatoms. The Hall–Kier alpha value is -0.530. The molecule has 0 radical (unpaired) electrons. The van der Waals surface area contributed by atoms with Gasteiger partial charge in [-0.15, -0.1) is 4.91 Å². The fraction of sp³-hybridized carbons (Fsp3) is 0.222. The normalized spacial score (nSPS) is 12.3. The third-order valence-electron chi connectivity index (χ3n) is 2.29. The summed E-state index contributed by atoms with van der Waals surface area (Å²) in [6, 6.07) is 3.41. The standard InChI is InChI=1S/C9H12FN2O3P3/c10-6-3-5(1-2-7(6)11-14)4-8(12(16)17)9(13)15-18/h1-3,8H,4,16-18H2. The van der Waals surface area contributed by atoms with Crippen molar-refractivity contribution in [2.75, 3.05) is 0 Å². The highest BCUT2D eigenvalue weighted by Crippen LogP contribution is 2.23. The molecule has 1 aromatic carbocycles. The number of benzene rings is 1. The predicted octanol–water partition coefficient (Wildman–Crippen LogP) is 2.35. The molecule has 0 aliphatic heterocycles. The van der Waals surface area contributed by atoms with Crippen LogP contribution in [0.15, 0.2) is 23.4 Å². The van der Waals surface area contributed by atoms with Crippen LogP contribution < -0.4 is 0 Å². The molecular weight excluding hydrogens is 296 g/mol. The zero-order valence-corrected chi connectivity index (χ0v) is 12.7. The summed E-state index contributed by atoms with van der Waals surface area (Å²) in [5.41, 5.74) is 0.313. The third kappa shape index (κ3) is 4.00. The number of nitroso groups, excluding NO2 is 1. The van der Waals surface area contributed by atoms with Crippen molar-refractivity contribution in [1.29, 1.82) is 0 Å². The highest BCUT2D eigenvalue weighted by molar-refractivity contribution is 7.31. The second-order valence-corrected chi connectivity index (χ2v) is 5.51. The fourth-order valence-electron chi connectivity index (χ4n) is 1.36. The van der Waals surface area contributed by atoms with Crippen LogP contribution in [0.3, 0.4) is 0 Å². The number of hydrogen-bond acceptors (Lipinski definition) is 5. The lowest BCUT2D eigenvalue weighted by Gasteiger charge is -2.21. The van der Waals surface area contributed by atoms with Crippen molar-refractivity contribution in [2.24, 2.45) is 5.18 Å². The molecule has 0 aliphatic rings. The Balaban J connectivity index is 2.91. The molecule has 0 fully saturated rings. The summed E-state index contributed by atoms with van der Waals surface area (Å²) < 4.78 is 19.4. The van der Waals surface area contributed by atoms with Crippen molar-refractivity contribution in [3.05, 3.63) is 34.5 Å². The molecule has 4 unspecified atom stereocenters. The number of carbonyl (C=O) groups is 1. The Morgan fingerprint density at radius 1 is 1.50 bits per heavy atom. The number of nitrogens with zero attached hydrogens (tertiary/aromatic N) is 2. The van der Waals surface area contributed by atoms with Gasteiger partial charge in [0, 0.05) is 0 Å². The van der Waals surface area contributed by atoms with E-state index in [1.807, 2.05) is 9.47 Å². The van der Waals surface area contributed by atoms with E-state index in [1.54, 1.807) is 6.07 Å². The first-order valence-electron chi connectivity index (χ1n) is 4.80. The second-order valence-electron chi connectivity index (χ2n) is 3.48. The van der Waals surface area contributed by atoms with Crippen LogP contribution >= 0.6 is 28.2 Å². The SMILES string of the molecule is O=Nc1ccc(CC(C(=O)OP)N(P)P)cc1F.